The number of nitrogens with zero attached hydrogens (tertiary/aromatic N) is 4. The second kappa shape index (κ2) is 8.98. The number of aromatic nitrogens is 4. The Morgan fingerprint density at radius 1 is 1.00 bits per heavy atom. The Balaban J connectivity index is 1.18. The van der Waals surface area contributed by atoms with Gasteiger partial charge < -0.3 is 19.5 Å². The summed E-state index contributed by atoms with van der Waals surface area (Å²) in [5, 5.41) is 15.1. The van der Waals surface area contributed by atoms with Gasteiger partial charge >= 0.3 is 0 Å². The highest BCUT2D eigenvalue weighted by Crippen LogP contribution is 2.34. The molecule has 0 radical (unpaired) electrons. The number of anilines is 1. The van der Waals surface area contributed by atoms with Crippen molar-refractivity contribution in [1.29, 1.82) is 0 Å². The van der Waals surface area contributed by atoms with Crippen molar-refractivity contribution in [3.63, 3.8) is 0 Å². The number of fused-ring (bicyclic) bond motifs is 1. The van der Waals surface area contributed by atoms with E-state index in [2.05, 4.69) is 20.8 Å². The van der Waals surface area contributed by atoms with Crippen LogP contribution in [0.2, 0.25) is 0 Å². The van der Waals surface area contributed by atoms with E-state index in [-0.39, 0.29) is 18.5 Å². The molecule has 0 unspecified atom stereocenters. The van der Waals surface area contributed by atoms with E-state index in [1.165, 1.54) is 11.8 Å². The lowest BCUT2D eigenvalue weighted by molar-refractivity contribution is -0.113. The topological polar surface area (TPSA) is 100 Å². The van der Waals surface area contributed by atoms with E-state index >= 15 is 0 Å². The number of hydrogen-bond acceptors (Lipinski definition) is 8. The van der Waals surface area contributed by atoms with Crippen LogP contribution in [0.15, 0.2) is 78.0 Å². The van der Waals surface area contributed by atoms with Crippen molar-refractivity contribution in [2.75, 3.05) is 17.9 Å². The van der Waals surface area contributed by atoms with Crippen LogP contribution in [-0.2, 0) is 4.79 Å². The van der Waals surface area contributed by atoms with Crippen LogP contribution in [-0.4, -0.2) is 38.7 Å². The fraction of sp³-hybridized carbons (Fsp3) is 0.0909. The number of nitrogens with one attached hydrogen (secondary N) is 1. The number of tetrazole rings is 1. The minimum absolute atomic E-state index is 0.146. The summed E-state index contributed by atoms with van der Waals surface area (Å²) in [4.78, 5) is 12.4. The Morgan fingerprint density at radius 3 is 2.62 bits per heavy atom. The van der Waals surface area contributed by atoms with Crippen LogP contribution in [0.3, 0.4) is 0 Å². The van der Waals surface area contributed by atoms with E-state index in [9.17, 15) is 4.79 Å². The maximum Gasteiger partial charge on any atom is 0.234 e. The molecule has 0 bridgehead atoms. The van der Waals surface area contributed by atoms with E-state index in [1.807, 2.05) is 36.4 Å². The predicted molar refractivity (Wildman–Crippen MR) is 118 cm³/mol. The first-order valence-electron chi connectivity index (χ1n) is 9.69. The van der Waals surface area contributed by atoms with Gasteiger partial charge in [-0.2, -0.15) is 4.68 Å². The summed E-state index contributed by atoms with van der Waals surface area (Å²) in [5.41, 5.74) is 1.39. The summed E-state index contributed by atoms with van der Waals surface area (Å²) in [7, 11) is 0. The molecule has 1 N–H and O–H groups in total. The van der Waals surface area contributed by atoms with Crippen LogP contribution in [0, 0.1) is 0 Å². The average Bonchev–Trinajstić information content (AvgIpc) is 3.48. The molecule has 0 spiro atoms. The van der Waals surface area contributed by atoms with Crippen LogP contribution in [0.5, 0.6) is 23.0 Å². The van der Waals surface area contributed by atoms with Crippen molar-refractivity contribution in [2.45, 2.75) is 5.16 Å². The molecule has 1 aliphatic rings. The van der Waals surface area contributed by atoms with E-state index in [1.54, 1.807) is 41.1 Å². The van der Waals surface area contributed by atoms with E-state index in [0.717, 1.165) is 11.4 Å². The standard InChI is InChI=1S/C22H17N5O4S/c28-21(23-15-6-9-18(10-7-15)31-17-4-2-1-3-5-17)13-32-22-24-25-26-27(22)16-8-11-19-20(12-16)30-14-29-19/h1-12H,13-14H2,(H,23,28). The summed E-state index contributed by atoms with van der Waals surface area (Å²) in [6.45, 7) is 0.190. The molecular weight excluding hydrogens is 430 g/mol. The van der Waals surface area contributed by atoms with Crippen molar-refractivity contribution in [3.8, 4) is 28.7 Å². The first-order chi connectivity index (χ1) is 15.7. The molecule has 2 heterocycles. The van der Waals surface area contributed by atoms with Crippen molar-refractivity contribution in [1.82, 2.24) is 20.2 Å². The Hall–Kier alpha value is -4.05. The molecule has 1 aliphatic heterocycles. The summed E-state index contributed by atoms with van der Waals surface area (Å²) in [5.74, 6) is 2.72. The van der Waals surface area contributed by atoms with E-state index in [4.69, 9.17) is 14.2 Å². The van der Waals surface area contributed by atoms with Gasteiger partial charge in [0.15, 0.2) is 11.5 Å². The van der Waals surface area contributed by atoms with Crippen molar-refractivity contribution < 1.29 is 19.0 Å². The van der Waals surface area contributed by atoms with Gasteiger partial charge in [0.2, 0.25) is 17.9 Å². The van der Waals surface area contributed by atoms with Crippen LogP contribution < -0.4 is 19.5 Å². The maximum absolute atomic E-state index is 12.4. The van der Waals surface area contributed by atoms with Gasteiger partial charge in [-0.3, -0.25) is 4.79 Å². The largest absolute Gasteiger partial charge is 0.457 e. The van der Waals surface area contributed by atoms with Gasteiger partial charge in [-0.15, -0.1) is 5.10 Å². The lowest BCUT2D eigenvalue weighted by Crippen LogP contribution is -2.14. The third-order valence-corrected chi connectivity index (χ3v) is 5.41. The molecule has 4 aromatic rings. The molecule has 0 aliphatic carbocycles. The second-order valence-electron chi connectivity index (χ2n) is 6.69. The molecule has 1 amide bonds. The molecule has 0 atom stereocenters. The van der Waals surface area contributed by atoms with E-state index < -0.39 is 0 Å². The summed E-state index contributed by atoms with van der Waals surface area (Å²) in [6.07, 6.45) is 0. The molecule has 3 aromatic carbocycles. The SMILES string of the molecule is O=C(CSc1nnnn1-c1ccc2c(c1)OCO2)Nc1ccc(Oc2ccccc2)cc1. The van der Waals surface area contributed by atoms with Crippen molar-refractivity contribution in [3.05, 3.63) is 72.8 Å². The number of hydrogen-bond donors (Lipinski definition) is 1. The highest BCUT2D eigenvalue weighted by Gasteiger charge is 2.17. The number of carbonyl (C=O) groups is 1. The first kappa shape index (κ1) is 19.9. The zero-order valence-corrected chi connectivity index (χ0v) is 17.5. The zero-order chi connectivity index (χ0) is 21.8. The fourth-order valence-corrected chi connectivity index (χ4v) is 3.70. The average molecular weight is 447 g/mol. The molecule has 160 valence electrons. The maximum atomic E-state index is 12.4. The summed E-state index contributed by atoms with van der Waals surface area (Å²) < 4.78 is 18.0. The van der Waals surface area contributed by atoms with Crippen molar-refractivity contribution in [2.24, 2.45) is 0 Å². The molecule has 10 heteroatoms. The third kappa shape index (κ3) is 4.49. The molecule has 0 fully saturated rings. The fourth-order valence-electron chi connectivity index (χ4n) is 3.01. The number of amides is 1. The number of thioether (sulfide) groups is 1. The Morgan fingerprint density at radius 2 is 1.78 bits per heavy atom. The molecule has 32 heavy (non-hydrogen) atoms. The minimum atomic E-state index is -0.174. The van der Waals surface area contributed by atoms with Crippen LogP contribution >= 0.6 is 11.8 Å². The molecule has 0 saturated carbocycles. The lowest BCUT2D eigenvalue weighted by atomic mass is 10.3. The minimum Gasteiger partial charge on any atom is -0.457 e. The molecular formula is C22H17N5O4S. The normalized spacial score (nSPS) is 11.9. The zero-order valence-electron chi connectivity index (χ0n) is 16.7. The monoisotopic (exact) mass is 447 g/mol. The Labute approximate surface area is 187 Å². The number of benzene rings is 3. The van der Waals surface area contributed by atoms with Crippen LogP contribution in [0.4, 0.5) is 5.69 Å². The number of ether oxygens (including phenoxy) is 3. The Bertz CT molecular complexity index is 1230. The highest BCUT2D eigenvalue weighted by molar-refractivity contribution is 7.99. The van der Waals surface area contributed by atoms with Crippen LogP contribution in [0.1, 0.15) is 0 Å². The van der Waals surface area contributed by atoms with Gasteiger partial charge in [0.05, 0.1) is 11.4 Å². The third-order valence-electron chi connectivity index (χ3n) is 4.49. The molecule has 0 saturated heterocycles. The molecule has 1 aromatic heterocycles. The van der Waals surface area contributed by atoms with Gasteiger partial charge in [0, 0.05) is 11.8 Å². The molecule has 9 nitrogen and oxygen atoms in total. The number of rotatable bonds is 7. The number of para-hydroxylation sites is 1. The lowest BCUT2D eigenvalue weighted by Gasteiger charge is -2.08. The summed E-state index contributed by atoms with van der Waals surface area (Å²) in [6, 6.07) is 22.1. The van der Waals surface area contributed by atoms with Crippen LogP contribution in [0.25, 0.3) is 5.69 Å². The van der Waals surface area contributed by atoms with Gasteiger partial charge in [-0.1, -0.05) is 30.0 Å². The smallest absolute Gasteiger partial charge is 0.234 e. The van der Waals surface area contributed by atoms with Crippen molar-refractivity contribution >= 4 is 23.4 Å². The number of carbonyl (C=O) groups excluding carboxylic acids is 1. The quantitative estimate of drug-likeness (QED) is 0.426. The van der Waals surface area contributed by atoms with Gasteiger partial charge in [0.1, 0.15) is 11.5 Å². The van der Waals surface area contributed by atoms with Gasteiger partial charge in [0.25, 0.3) is 0 Å². The Kier molecular flexibility index (Phi) is 5.58. The first-order valence-corrected chi connectivity index (χ1v) is 10.7. The second-order valence-corrected chi connectivity index (χ2v) is 7.63. The van der Waals surface area contributed by atoms with E-state index in [0.29, 0.717) is 28.1 Å². The predicted octanol–water partition coefficient (Wildman–Crippen LogP) is 3.91. The highest BCUT2D eigenvalue weighted by atomic mass is 32.2. The van der Waals surface area contributed by atoms with Gasteiger partial charge in [-0.05, 0) is 59.0 Å². The molecule has 5 rings (SSSR count). The van der Waals surface area contributed by atoms with Gasteiger partial charge in [-0.25, -0.2) is 0 Å². The summed E-state index contributed by atoms with van der Waals surface area (Å²) >= 11 is 1.23.